The van der Waals surface area contributed by atoms with Gasteiger partial charge in [-0.15, -0.1) is 0 Å². The summed E-state index contributed by atoms with van der Waals surface area (Å²) in [5.41, 5.74) is -0.489. The average Bonchev–Trinajstić information content (AvgIpc) is 1.85. The van der Waals surface area contributed by atoms with Crippen LogP contribution in [0.25, 0.3) is 0 Å². The average molecular weight is 176 g/mol. The first-order valence-electron chi connectivity index (χ1n) is 4.36. The molecule has 0 rings (SSSR count). The van der Waals surface area contributed by atoms with Gasteiger partial charge in [0, 0.05) is 5.75 Å². The van der Waals surface area contributed by atoms with Crippen LogP contribution in [0.3, 0.4) is 0 Å². The molecule has 1 N–H and O–H groups in total. The van der Waals surface area contributed by atoms with Gasteiger partial charge in [0.05, 0.1) is 5.60 Å². The molecule has 0 aliphatic rings. The van der Waals surface area contributed by atoms with Gasteiger partial charge in [-0.3, -0.25) is 0 Å². The zero-order chi connectivity index (χ0) is 8.74. The van der Waals surface area contributed by atoms with E-state index in [0.29, 0.717) is 0 Å². The topological polar surface area (TPSA) is 20.2 Å². The maximum atomic E-state index is 9.35. The van der Waals surface area contributed by atoms with E-state index in [1.165, 1.54) is 25.0 Å². The summed E-state index contributed by atoms with van der Waals surface area (Å²) in [5.74, 6) is 2.05. The smallest absolute Gasteiger partial charge is 0.0681 e. The number of hydrogen-bond acceptors (Lipinski definition) is 2. The van der Waals surface area contributed by atoms with Gasteiger partial charge < -0.3 is 5.11 Å². The fourth-order valence-electron chi connectivity index (χ4n) is 0.776. The maximum absolute atomic E-state index is 9.35. The van der Waals surface area contributed by atoms with Crippen molar-refractivity contribution in [2.45, 2.75) is 45.6 Å². The van der Waals surface area contributed by atoms with Crippen LogP contribution in [0.15, 0.2) is 0 Å². The van der Waals surface area contributed by atoms with E-state index in [-0.39, 0.29) is 0 Å². The molecule has 0 aliphatic heterocycles. The van der Waals surface area contributed by atoms with Gasteiger partial charge in [-0.2, -0.15) is 11.8 Å². The van der Waals surface area contributed by atoms with Crippen molar-refractivity contribution in [3.8, 4) is 0 Å². The molecule has 0 bridgehead atoms. The fraction of sp³-hybridized carbons (Fsp3) is 1.00. The predicted octanol–water partition coefficient (Wildman–Crippen LogP) is 2.68. The Kier molecular flexibility index (Phi) is 6.06. The van der Waals surface area contributed by atoms with Crippen molar-refractivity contribution in [3.05, 3.63) is 0 Å². The van der Waals surface area contributed by atoms with Crippen molar-refractivity contribution in [1.29, 1.82) is 0 Å². The Hall–Kier alpha value is 0.310. The first-order chi connectivity index (χ1) is 5.06. The van der Waals surface area contributed by atoms with Crippen LogP contribution >= 0.6 is 11.8 Å². The van der Waals surface area contributed by atoms with Gasteiger partial charge in [-0.05, 0) is 26.0 Å². The molecule has 1 nitrogen and oxygen atoms in total. The van der Waals surface area contributed by atoms with Crippen LogP contribution < -0.4 is 0 Å². The lowest BCUT2D eigenvalue weighted by molar-refractivity contribution is 0.107. The molecule has 0 unspecified atom stereocenters. The highest BCUT2D eigenvalue weighted by Crippen LogP contribution is 2.13. The molecule has 0 amide bonds. The van der Waals surface area contributed by atoms with E-state index in [0.717, 1.165) is 5.75 Å². The van der Waals surface area contributed by atoms with Crippen LogP contribution in [0.4, 0.5) is 0 Å². The molecule has 0 aromatic carbocycles. The first kappa shape index (κ1) is 11.3. The van der Waals surface area contributed by atoms with E-state index >= 15 is 0 Å². The van der Waals surface area contributed by atoms with Crippen LogP contribution in [0, 0.1) is 0 Å². The first-order valence-corrected chi connectivity index (χ1v) is 5.52. The zero-order valence-electron chi connectivity index (χ0n) is 7.89. The van der Waals surface area contributed by atoms with Gasteiger partial charge in [0.15, 0.2) is 0 Å². The number of rotatable bonds is 6. The molecule has 11 heavy (non-hydrogen) atoms. The van der Waals surface area contributed by atoms with Crippen LogP contribution in [0.5, 0.6) is 0 Å². The summed E-state index contributed by atoms with van der Waals surface area (Å²) >= 11 is 1.85. The van der Waals surface area contributed by atoms with Gasteiger partial charge in [0.25, 0.3) is 0 Å². The molecule has 0 aromatic heterocycles. The lowest BCUT2D eigenvalue weighted by Gasteiger charge is -2.15. The van der Waals surface area contributed by atoms with Gasteiger partial charge in [-0.1, -0.05) is 19.8 Å². The number of thioether (sulfide) groups is 1. The number of hydrogen-bond donors (Lipinski definition) is 1. The minimum atomic E-state index is -0.489. The third kappa shape index (κ3) is 10.3. The third-order valence-corrected chi connectivity index (χ3v) is 2.84. The van der Waals surface area contributed by atoms with Crippen LogP contribution in [0.2, 0.25) is 0 Å². The summed E-state index contributed by atoms with van der Waals surface area (Å²) < 4.78 is 0. The molecule has 0 aromatic rings. The van der Waals surface area contributed by atoms with Crippen molar-refractivity contribution in [1.82, 2.24) is 0 Å². The molecule has 0 aliphatic carbocycles. The molecule has 0 saturated carbocycles. The lowest BCUT2D eigenvalue weighted by atomic mass is 10.2. The van der Waals surface area contributed by atoms with E-state index in [4.69, 9.17) is 0 Å². The summed E-state index contributed by atoms with van der Waals surface area (Å²) in [6, 6.07) is 0. The fourth-order valence-corrected chi connectivity index (χ4v) is 1.83. The van der Waals surface area contributed by atoms with Crippen LogP contribution in [-0.2, 0) is 0 Å². The minimum absolute atomic E-state index is 0.489. The van der Waals surface area contributed by atoms with E-state index in [1.807, 2.05) is 25.6 Å². The summed E-state index contributed by atoms with van der Waals surface area (Å²) in [7, 11) is 0. The van der Waals surface area contributed by atoms with Gasteiger partial charge >= 0.3 is 0 Å². The largest absolute Gasteiger partial charge is 0.390 e. The van der Waals surface area contributed by atoms with Crippen molar-refractivity contribution < 1.29 is 5.11 Å². The standard InChI is InChI=1S/C9H20OS/c1-4-5-6-7-11-8-9(2,3)10/h10H,4-8H2,1-3H3. The zero-order valence-corrected chi connectivity index (χ0v) is 8.71. The normalized spacial score (nSPS) is 12.0. The molecule has 0 fully saturated rings. The molecule has 2 heteroatoms. The maximum Gasteiger partial charge on any atom is 0.0681 e. The highest BCUT2D eigenvalue weighted by Gasteiger charge is 2.10. The van der Waals surface area contributed by atoms with Gasteiger partial charge in [-0.25, -0.2) is 0 Å². The minimum Gasteiger partial charge on any atom is -0.390 e. The summed E-state index contributed by atoms with van der Waals surface area (Å²) in [6.07, 6.45) is 3.89. The number of aliphatic hydroxyl groups is 1. The highest BCUT2D eigenvalue weighted by atomic mass is 32.2. The van der Waals surface area contributed by atoms with Crippen molar-refractivity contribution in [3.63, 3.8) is 0 Å². The van der Waals surface area contributed by atoms with Gasteiger partial charge in [0.2, 0.25) is 0 Å². The quantitative estimate of drug-likeness (QED) is 0.628. The Morgan fingerprint density at radius 3 is 2.36 bits per heavy atom. The molecule has 0 heterocycles. The SMILES string of the molecule is CCCCCSCC(C)(C)O. The monoisotopic (exact) mass is 176 g/mol. The number of unbranched alkanes of at least 4 members (excludes halogenated alkanes) is 2. The van der Waals surface area contributed by atoms with Crippen LogP contribution in [-0.4, -0.2) is 22.2 Å². The Morgan fingerprint density at radius 2 is 1.91 bits per heavy atom. The van der Waals surface area contributed by atoms with Crippen LogP contribution in [0.1, 0.15) is 40.0 Å². The van der Waals surface area contributed by atoms with E-state index in [2.05, 4.69) is 6.92 Å². The van der Waals surface area contributed by atoms with Crippen molar-refractivity contribution in [2.75, 3.05) is 11.5 Å². The predicted molar refractivity (Wildman–Crippen MR) is 53.1 cm³/mol. The molecule has 0 radical (unpaired) electrons. The molecular weight excluding hydrogens is 156 g/mol. The molecule has 0 spiro atoms. The van der Waals surface area contributed by atoms with Crippen molar-refractivity contribution in [2.24, 2.45) is 0 Å². The Bertz CT molecular complexity index is 86.1. The Morgan fingerprint density at radius 1 is 1.27 bits per heavy atom. The summed E-state index contributed by atoms with van der Waals surface area (Å²) in [4.78, 5) is 0. The second-order valence-electron chi connectivity index (χ2n) is 3.57. The molecule has 0 saturated heterocycles. The van der Waals surface area contributed by atoms with E-state index in [9.17, 15) is 5.11 Å². The van der Waals surface area contributed by atoms with E-state index < -0.39 is 5.60 Å². The van der Waals surface area contributed by atoms with Crippen molar-refractivity contribution >= 4 is 11.8 Å². The lowest BCUT2D eigenvalue weighted by Crippen LogP contribution is -2.21. The van der Waals surface area contributed by atoms with E-state index in [1.54, 1.807) is 0 Å². The highest BCUT2D eigenvalue weighted by molar-refractivity contribution is 7.99. The molecule has 0 atom stereocenters. The van der Waals surface area contributed by atoms with Gasteiger partial charge in [0.1, 0.15) is 0 Å². The second-order valence-corrected chi connectivity index (χ2v) is 4.68. The summed E-state index contributed by atoms with van der Waals surface area (Å²) in [6.45, 7) is 5.93. The Balaban J connectivity index is 3.02. The Labute approximate surface area is 74.6 Å². The second kappa shape index (κ2) is 5.90. The third-order valence-electron chi connectivity index (χ3n) is 1.35. The molecular formula is C9H20OS. The summed E-state index contributed by atoms with van der Waals surface area (Å²) in [5, 5.41) is 9.35. The molecule has 68 valence electrons.